The topological polar surface area (TPSA) is 55.4 Å². The SMILES string of the molecule is C=CCNC(=O)[C@@H](C)OC(=O)c1cc2c(s1)CC[C@@H](C)C2. The highest BCUT2D eigenvalue weighted by molar-refractivity contribution is 7.14. The maximum Gasteiger partial charge on any atom is 0.349 e. The van der Waals surface area contributed by atoms with Crippen molar-refractivity contribution in [1.82, 2.24) is 5.32 Å². The zero-order chi connectivity index (χ0) is 15.4. The highest BCUT2D eigenvalue weighted by Gasteiger charge is 2.23. The van der Waals surface area contributed by atoms with Gasteiger partial charge in [-0.15, -0.1) is 17.9 Å². The van der Waals surface area contributed by atoms with Gasteiger partial charge in [0.15, 0.2) is 6.10 Å². The minimum atomic E-state index is -0.796. The van der Waals surface area contributed by atoms with E-state index in [1.54, 1.807) is 13.0 Å². The lowest BCUT2D eigenvalue weighted by atomic mass is 9.90. The number of carbonyl (C=O) groups is 2. The number of carbonyl (C=O) groups excluding carboxylic acids is 2. The molecule has 4 nitrogen and oxygen atoms in total. The van der Waals surface area contributed by atoms with Crippen molar-refractivity contribution in [2.24, 2.45) is 5.92 Å². The molecule has 0 saturated carbocycles. The highest BCUT2D eigenvalue weighted by Crippen LogP contribution is 2.32. The van der Waals surface area contributed by atoms with Crippen LogP contribution in [0.15, 0.2) is 18.7 Å². The molecule has 2 rings (SSSR count). The average molecular weight is 307 g/mol. The van der Waals surface area contributed by atoms with Gasteiger partial charge in [-0.1, -0.05) is 13.0 Å². The molecule has 0 fully saturated rings. The van der Waals surface area contributed by atoms with Gasteiger partial charge >= 0.3 is 5.97 Å². The van der Waals surface area contributed by atoms with Crippen LogP contribution in [0.25, 0.3) is 0 Å². The minimum absolute atomic E-state index is 0.307. The van der Waals surface area contributed by atoms with Crippen LogP contribution in [0, 0.1) is 5.92 Å². The quantitative estimate of drug-likeness (QED) is 0.672. The predicted octanol–water partition coefficient (Wildman–Crippen LogP) is 2.72. The summed E-state index contributed by atoms with van der Waals surface area (Å²) in [6, 6.07) is 1.92. The fraction of sp³-hybridized carbons (Fsp3) is 0.500. The summed E-state index contributed by atoms with van der Waals surface area (Å²) in [6.45, 7) is 7.69. The molecule has 1 aliphatic carbocycles. The van der Waals surface area contributed by atoms with Crippen molar-refractivity contribution in [1.29, 1.82) is 0 Å². The van der Waals surface area contributed by atoms with E-state index in [0.717, 1.165) is 12.8 Å². The summed E-state index contributed by atoms with van der Waals surface area (Å²) >= 11 is 1.49. The van der Waals surface area contributed by atoms with Crippen LogP contribution in [0.2, 0.25) is 0 Å². The number of hydrogen-bond acceptors (Lipinski definition) is 4. The molecule has 21 heavy (non-hydrogen) atoms. The molecule has 0 saturated heterocycles. The second kappa shape index (κ2) is 6.89. The van der Waals surface area contributed by atoms with E-state index in [1.807, 2.05) is 6.07 Å². The van der Waals surface area contributed by atoms with Gasteiger partial charge in [-0.05, 0) is 43.7 Å². The van der Waals surface area contributed by atoms with Crippen molar-refractivity contribution < 1.29 is 14.3 Å². The summed E-state index contributed by atoms with van der Waals surface area (Å²) in [5.41, 5.74) is 1.26. The third-order valence-corrected chi connectivity index (χ3v) is 4.82. The zero-order valence-electron chi connectivity index (χ0n) is 12.5. The largest absolute Gasteiger partial charge is 0.448 e. The monoisotopic (exact) mass is 307 g/mol. The Balaban J connectivity index is 1.97. The number of amides is 1. The molecule has 1 amide bonds. The molecule has 114 valence electrons. The van der Waals surface area contributed by atoms with Crippen LogP contribution in [-0.2, 0) is 22.4 Å². The van der Waals surface area contributed by atoms with Crippen molar-refractivity contribution in [3.8, 4) is 0 Å². The Morgan fingerprint density at radius 3 is 3.10 bits per heavy atom. The van der Waals surface area contributed by atoms with Gasteiger partial charge in [-0.2, -0.15) is 0 Å². The zero-order valence-corrected chi connectivity index (χ0v) is 13.3. The van der Waals surface area contributed by atoms with E-state index in [4.69, 9.17) is 4.74 Å². The number of ether oxygens (including phenoxy) is 1. The maximum atomic E-state index is 12.1. The van der Waals surface area contributed by atoms with Crippen molar-refractivity contribution in [3.63, 3.8) is 0 Å². The lowest BCUT2D eigenvalue weighted by molar-refractivity contribution is -0.128. The first-order valence-corrected chi connectivity index (χ1v) is 8.04. The van der Waals surface area contributed by atoms with Crippen LogP contribution in [0.5, 0.6) is 0 Å². The average Bonchev–Trinajstić information content (AvgIpc) is 2.87. The van der Waals surface area contributed by atoms with Gasteiger partial charge in [0, 0.05) is 11.4 Å². The number of aryl methyl sites for hydroxylation is 1. The lowest BCUT2D eigenvalue weighted by Gasteiger charge is -2.16. The van der Waals surface area contributed by atoms with Crippen LogP contribution in [0.1, 0.15) is 40.4 Å². The van der Waals surface area contributed by atoms with E-state index in [2.05, 4.69) is 18.8 Å². The molecule has 1 N–H and O–H groups in total. The number of hydrogen-bond donors (Lipinski definition) is 1. The Morgan fingerprint density at radius 2 is 2.38 bits per heavy atom. The summed E-state index contributed by atoms with van der Waals surface area (Å²) in [6.07, 6.45) is 4.01. The van der Waals surface area contributed by atoms with E-state index in [0.29, 0.717) is 17.3 Å². The summed E-state index contributed by atoms with van der Waals surface area (Å²) in [5.74, 6) is -0.0546. The van der Waals surface area contributed by atoms with Crippen LogP contribution < -0.4 is 5.32 Å². The molecule has 2 atom stereocenters. The van der Waals surface area contributed by atoms with Gasteiger partial charge in [0.1, 0.15) is 4.88 Å². The first-order valence-electron chi connectivity index (χ1n) is 7.22. The fourth-order valence-electron chi connectivity index (χ4n) is 2.40. The van der Waals surface area contributed by atoms with Gasteiger partial charge in [-0.25, -0.2) is 4.79 Å². The Labute approximate surface area is 129 Å². The molecule has 1 heterocycles. The predicted molar refractivity (Wildman–Crippen MR) is 83.6 cm³/mol. The molecule has 0 aromatic carbocycles. The summed E-state index contributed by atoms with van der Waals surface area (Å²) in [5, 5.41) is 2.61. The van der Waals surface area contributed by atoms with Crippen LogP contribution >= 0.6 is 11.3 Å². The summed E-state index contributed by atoms with van der Waals surface area (Å²) < 4.78 is 5.22. The normalized spacial score (nSPS) is 18.5. The van der Waals surface area contributed by atoms with Gasteiger partial charge in [0.25, 0.3) is 5.91 Å². The number of fused-ring (bicyclic) bond motifs is 1. The molecular weight excluding hydrogens is 286 g/mol. The number of thiophene rings is 1. The van der Waals surface area contributed by atoms with E-state index < -0.39 is 12.1 Å². The Hall–Kier alpha value is -1.62. The number of nitrogens with one attached hydrogen (secondary N) is 1. The van der Waals surface area contributed by atoms with E-state index >= 15 is 0 Å². The number of esters is 1. The Morgan fingerprint density at radius 1 is 1.62 bits per heavy atom. The number of rotatable bonds is 5. The molecule has 1 aliphatic rings. The van der Waals surface area contributed by atoms with Gasteiger partial charge < -0.3 is 10.1 Å². The molecule has 0 bridgehead atoms. The molecule has 0 spiro atoms. The van der Waals surface area contributed by atoms with Gasteiger partial charge in [-0.3, -0.25) is 4.79 Å². The van der Waals surface area contributed by atoms with Crippen molar-refractivity contribution in [2.45, 2.75) is 39.2 Å². The molecular formula is C16H21NO3S. The standard InChI is InChI=1S/C16H21NO3S/c1-4-7-17-15(18)11(3)20-16(19)14-9-12-8-10(2)5-6-13(12)21-14/h4,9-11H,1,5-8H2,2-3H3,(H,17,18)/t10-,11-/m1/s1. The van der Waals surface area contributed by atoms with Crippen molar-refractivity contribution >= 4 is 23.2 Å². The van der Waals surface area contributed by atoms with Crippen LogP contribution in [-0.4, -0.2) is 24.5 Å². The maximum absolute atomic E-state index is 12.1. The molecule has 0 aliphatic heterocycles. The van der Waals surface area contributed by atoms with E-state index in [-0.39, 0.29) is 5.91 Å². The minimum Gasteiger partial charge on any atom is -0.448 e. The molecule has 5 heteroatoms. The second-order valence-corrected chi connectivity index (χ2v) is 6.63. The Kier molecular flexibility index (Phi) is 5.17. The van der Waals surface area contributed by atoms with Crippen molar-refractivity contribution in [3.05, 3.63) is 34.0 Å². The first kappa shape index (κ1) is 15.8. The van der Waals surface area contributed by atoms with Gasteiger partial charge in [0.05, 0.1) is 0 Å². The fourth-order valence-corrected chi connectivity index (χ4v) is 3.49. The Bertz CT molecular complexity index is 550. The second-order valence-electron chi connectivity index (χ2n) is 5.49. The van der Waals surface area contributed by atoms with Crippen LogP contribution in [0.4, 0.5) is 0 Å². The third kappa shape index (κ3) is 3.94. The van der Waals surface area contributed by atoms with Crippen LogP contribution in [0.3, 0.4) is 0 Å². The first-order chi connectivity index (χ1) is 10.0. The molecule has 1 aromatic rings. The highest BCUT2D eigenvalue weighted by atomic mass is 32.1. The molecule has 0 unspecified atom stereocenters. The summed E-state index contributed by atoms with van der Waals surface area (Å²) in [4.78, 5) is 25.7. The van der Waals surface area contributed by atoms with E-state index in [1.165, 1.54) is 28.2 Å². The van der Waals surface area contributed by atoms with Gasteiger partial charge in [0.2, 0.25) is 0 Å². The molecule has 0 radical (unpaired) electrons. The van der Waals surface area contributed by atoms with Crippen molar-refractivity contribution in [2.75, 3.05) is 6.54 Å². The summed E-state index contributed by atoms with van der Waals surface area (Å²) in [7, 11) is 0. The lowest BCUT2D eigenvalue weighted by Crippen LogP contribution is -2.35. The molecule has 1 aromatic heterocycles. The smallest absolute Gasteiger partial charge is 0.349 e. The van der Waals surface area contributed by atoms with E-state index in [9.17, 15) is 9.59 Å². The third-order valence-electron chi connectivity index (χ3n) is 3.60.